The average Bonchev–Trinajstić information content (AvgIpc) is 3.30. The minimum Gasteiger partial charge on any atom is -0.496 e. The van der Waals surface area contributed by atoms with E-state index in [1.165, 1.54) is 30.7 Å². The Hall–Kier alpha value is -2.59. The number of rotatable bonds is 7. The van der Waals surface area contributed by atoms with Gasteiger partial charge in [-0.25, -0.2) is 8.78 Å². The van der Waals surface area contributed by atoms with Crippen molar-refractivity contribution in [1.82, 2.24) is 15.2 Å². The number of hydrogen-bond acceptors (Lipinski definition) is 7. The maximum absolute atomic E-state index is 14.8. The van der Waals surface area contributed by atoms with Gasteiger partial charge in [0.25, 0.3) is 5.91 Å². The number of aryl methyl sites for hydroxylation is 1. The fourth-order valence-corrected chi connectivity index (χ4v) is 7.10. The van der Waals surface area contributed by atoms with Crippen molar-refractivity contribution in [2.45, 2.75) is 55.5 Å². The summed E-state index contributed by atoms with van der Waals surface area (Å²) >= 11 is 2.92. The van der Waals surface area contributed by atoms with E-state index < -0.39 is 17.4 Å². The van der Waals surface area contributed by atoms with E-state index >= 15 is 0 Å². The maximum atomic E-state index is 14.8. The smallest absolute Gasteiger partial charge is 0.259 e. The molecule has 3 saturated carbocycles. The molecule has 0 aliphatic heterocycles. The molecule has 3 fully saturated rings. The summed E-state index contributed by atoms with van der Waals surface area (Å²) in [6.07, 6.45) is 6.16. The Labute approximate surface area is 210 Å². The zero-order valence-electron chi connectivity index (χ0n) is 19.6. The molecule has 0 atom stereocenters. The molecule has 35 heavy (non-hydrogen) atoms. The van der Waals surface area contributed by atoms with E-state index in [-0.39, 0.29) is 16.5 Å². The number of amides is 1. The summed E-state index contributed by atoms with van der Waals surface area (Å²) in [6, 6.07) is 6.20. The summed E-state index contributed by atoms with van der Waals surface area (Å²) in [5.74, 6) is 0.260. The molecule has 2 aromatic heterocycles. The van der Waals surface area contributed by atoms with E-state index in [9.17, 15) is 13.6 Å². The molecule has 6 rings (SSSR count). The van der Waals surface area contributed by atoms with Crippen molar-refractivity contribution in [3.8, 4) is 16.9 Å². The van der Waals surface area contributed by atoms with Gasteiger partial charge in [-0.2, -0.15) is 0 Å². The van der Waals surface area contributed by atoms with Gasteiger partial charge in [0.15, 0.2) is 4.34 Å². The summed E-state index contributed by atoms with van der Waals surface area (Å²) in [5.41, 5.74) is 0.683. The minimum absolute atomic E-state index is 0.175. The molecular weight excluding hydrogens is 490 g/mol. The number of thioether (sulfide) groups is 1. The Kier molecular flexibility index (Phi) is 6.52. The molecule has 2 heterocycles. The number of aromatic nitrogens is 3. The van der Waals surface area contributed by atoms with Crippen molar-refractivity contribution in [2.24, 2.45) is 5.41 Å². The van der Waals surface area contributed by atoms with Crippen molar-refractivity contribution in [3.05, 3.63) is 47.5 Å². The van der Waals surface area contributed by atoms with Gasteiger partial charge in [-0.15, -0.1) is 10.2 Å². The largest absolute Gasteiger partial charge is 0.496 e. The molecule has 1 N–H and O–H groups in total. The van der Waals surface area contributed by atoms with Crippen molar-refractivity contribution < 1.29 is 18.3 Å². The molecule has 3 aliphatic rings. The molecule has 6 nitrogen and oxygen atoms in total. The van der Waals surface area contributed by atoms with Gasteiger partial charge in [-0.05, 0) is 69.1 Å². The number of ether oxygens (including phenoxy) is 1. The molecule has 184 valence electrons. The number of anilines is 1. The van der Waals surface area contributed by atoms with Crippen LogP contribution in [0.4, 0.5) is 13.9 Å². The molecule has 3 aromatic rings. The molecule has 0 unspecified atom stereocenters. The number of carbonyl (C=O) groups excluding carboxylic acids is 1. The van der Waals surface area contributed by atoms with E-state index in [1.54, 1.807) is 36.9 Å². The Balaban J connectivity index is 1.31. The second-order valence-electron chi connectivity index (χ2n) is 9.46. The Morgan fingerprint density at radius 3 is 2.66 bits per heavy atom. The van der Waals surface area contributed by atoms with Gasteiger partial charge in [-0.1, -0.05) is 29.2 Å². The van der Waals surface area contributed by atoms with Gasteiger partial charge >= 0.3 is 0 Å². The predicted molar refractivity (Wildman–Crippen MR) is 133 cm³/mol. The first-order valence-electron chi connectivity index (χ1n) is 11.6. The zero-order valence-corrected chi connectivity index (χ0v) is 21.2. The number of methoxy groups -OCH3 is 1. The molecule has 0 radical (unpaired) electrons. The van der Waals surface area contributed by atoms with Gasteiger partial charge in [-0.3, -0.25) is 15.1 Å². The van der Waals surface area contributed by atoms with Gasteiger partial charge in [0, 0.05) is 23.2 Å². The number of benzene rings is 1. The first-order chi connectivity index (χ1) is 16.8. The molecule has 0 saturated heterocycles. The van der Waals surface area contributed by atoms with Crippen LogP contribution in [0.3, 0.4) is 0 Å². The summed E-state index contributed by atoms with van der Waals surface area (Å²) in [7, 11) is 1.46. The second kappa shape index (κ2) is 9.46. The van der Waals surface area contributed by atoms with Crippen LogP contribution >= 0.6 is 23.1 Å². The lowest BCUT2D eigenvalue weighted by atomic mass is 9.60. The van der Waals surface area contributed by atoms with Crippen LogP contribution in [0, 0.1) is 18.2 Å². The third kappa shape index (κ3) is 4.91. The van der Waals surface area contributed by atoms with Gasteiger partial charge in [0.1, 0.15) is 17.2 Å². The topological polar surface area (TPSA) is 77.0 Å². The van der Waals surface area contributed by atoms with E-state index in [1.807, 2.05) is 0 Å². The SMILES string of the molecule is COc1cccc(F)c1-c1cc(C)ncc1C(=O)Nc1nnc(SCC23CCC(F)(CC2)CC3)s1. The molecular formula is C25H26F2N4O2S2. The predicted octanol–water partition coefficient (Wildman–Crippen LogP) is 6.46. The zero-order chi connectivity index (χ0) is 24.6. The molecule has 3 aliphatic carbocycles. The number of halogens is 2. The number of alkyl halides is 1. The number of pyridine rings is 1. The quantitative estimate of drug-likeness (QED) is 0.287. The fourth-order valence-electron chi connectivity index (χ4n) is 5.02. The van der Waals surface area contributed by atoms with Crippen molar-refractivity contribution in [2.75, 3.05) is 18.2 Å². The normalized spacial score (nSPS) is 23.3. The minimum atomic E-state index is -0.941. The Bertz CT molecular complexity index is 1240. The highest BCUT2D eigenvalue weighted by Crippen LogP contribution is 2.55. The van der Waals surface area contributed by atoms with E-state index in [0.29, 0.717) is 41.4 Å². The highest BCUT2D eigenvalue weighted by molar-refractivity contribution is 8.01. The first-order valence-corrected chi connectivity index (χ1v) is 13.4. The Morgan fingerprint density at radius 2 is 1.94 bits per heavy atom. The number of carbonyl (C=O) groups is 1. The standard InChI is InChI=1S/C25H26F2N4O2S2/c1-15-12-16(20-18(26)4-3-5-19(20)33-2)17(13-28-15)21(32)29-22-30-31-23(35-22)34-14-24-6-9-25(27,10-7-24)11-8-24/h3-5,12-13H,6-11,14H2,1-2H3,(H,29,30,32). The third-order valence-electron chi connectivity index (χ3n) is 7.19. The lowest BCUT2D eigenvalue weighted by Crippen LogP contribution is -2.44. The number of nitrogens with one attached hydrogen (secondary N) is 1. The Morgan fingerprint density at radius 1 is 1.20 bits per heavy atom. The maximum Gasteiger partial charge on any atom is 0.259 e. The van der Waals surface area contributed by atoms with Crippen molar-refractivity contribution >= 4 is 34.1 Å². The summed E-state index contributed by atoms with van der Waals surface area (Å²) in [6.45, 7) is 1.78. The lowest BCUT2D eigenvalue weighted by Gasteiger charge is -2.49. The highest BCUT2D eigenvalue weighted by atomic mass is 32.2. The molecule has 2 bridgehead atoms. The van der Waals surface area contributed by atoms with Crippen molar-refractivity contribution in [3.63, 3.8) is 0 Å². The second-order valence-corrected chi connectivity index (χ2v) is 11.7. The van der Waals surface area contributed by atoms with Gasteiger partial charge < -0.3 is 4.74 Å². The summed E-state index contributed by atoms with van der Waals surface area (Å²) in [5, 5.41) is 11.5. The lowest BCUT2D eigenvalue weighted by molar-refractivity contribution is -0.0224. The first kappa shape index (κ1) is 24.1. The van der Waals surface area contributed by atoms with Crippen LogP contribution in [0.5, 0.6) is 5.75 Å². The van der Waals surface area contributed by atoms with Crippen LogP contribution in [-0.2, 0) is 0 Å². The molecule has 1 aromatic carbocycles. The third-order valence-corrected chi connectivity index (χ3v) is 9.51. The highest BCUT2D eigenvalue weighted by Gasteiger charge is 2.48. The van der Waals surface area contributed by atoms with Crippen LogP contribution in [0.1, 0.15) is 54.6 Å². The fraction of sp³-hybridized carbons (Fsp3) is 0.440. The van der Waals surface area contributed by atoms with E-state index in [2.05, 4.69) is 20.5 Å². The monoisotopic (exact) mass is 516 g/mol. The van der Waals surface area contributed by atoms with E-state index in [0.717, 1.165) is 29.4 Å². The molecule has 10 heteroatoms. The van der Waals surface area contributed by atoms with Crippen LogP contribution in [0.15, 0.2) is 34.8 Å². The van der Waals surface area contributed by atoms with Crippen LogP contribution < -0.4 is 10.1 Å². The summed E-state index contributed by atoms with van der Waals surface area (Å²) < 4.78 is 35.3. The van der Waals surface area contributed by atoms with Crippen LogP contribution in [0.2, 0.25) is 0 Å². The molecule has 0 spiro atoms. The van der Waals surface area contributed by atoms with Gasteiger partial charge in [0.05, 0.1) is 18.2 Å². The number of nitrogens with zero attached hydrogens (tertiary/aromatic N) is 3. The van der Waals surface area contributed by atoms with Crippen LogP contribution in [0.25, 0.3) is 11.1 Å². The average molecular weight is 517 g/mol. The van der Waals surface area contributed by atoms with E-state index in [4.69, 9.17) is 4.74 Å². The summed E-state index contributed by atoms with van der Waals surface area (Å²) in [4.78, 5) is 17.4. The number of fused-ring (bicyclic) bond motifs is 3. The van der Waals surface area contributed by atoms with Crippen LogP contribution in [-0.4, -0.2) is 39.6 Å². The molecule has 1 amide bonds. The number of hydrogen-bond donors (Lipinski definition) is 1. The van der Waals surface area contributed by atoms with Crippen molar-refractivity contribution in [1.29, 1.82) is 0 Å². The van der Waals surface area contributed by atoms with Gasteiger partial charge in [0.2, 0.25) is 5.13 Å².